The van der Waals surface area contributed by atoms with Crippen molar-refractivity contribution in [2.45, 2.75) is 70.2 Å². The predicted molar refractivity (Wildman–Crippen MR) is 115 cm³/mol. The van der Waals surface area contributed by atoms with Gasteiger partial charge in [0.05, 0.1) is 6.10 Å². The van der Waals surface area contributed by atoms with E-state index in [9.17, 15) is 5.11 Å². The van der Waals surface area contributed by atoms with E-state index in [1.165, 1.54) is 11.1 Å². The Morgan fingerprint density at radius 3 is 2.57 bits per heavy atom. The quantitative estimate of drug-likeness (QED) is 0.679. The number of benzene rings is 2. The van der Waals surface area contributed by atoms with Gasteiger partial charge in [-0.1, -0.05) is 56.3 Å². The maximum absolute atomic E-state index is 10.6. The lowest BCUT2D eigenvalue weighted by Crippen LogP contribution is -2.46. The number of ether oxygens (including phenoxy) is 1. The Morgan fingerprint density at radius 1 is 1.18 bits per heavy atom. The summed E-state index contributed by atoms with van der Waals surface area (Å²) >= 11 is 0. The Hall–Kier alpha value is -1.88. The Bertz CT molecular complexity index is 773. The number of nitrogens with two attached hydrogens (primary N) is 1. The van der Waals surface area contributed by atoms with Gasteiger partial charge in [-0.05, 0) is 43.4 Å². The van der Waals surface area contributed by atoms with Gasteiger partial charge in [0.25, 0.3) is 0 Å². The molecule has 3 rings (SSSR count). The van der Waals surface area contributed by atoms with Crippen LogP contribution in [0.5, 0.6) is 5.75 Å². The average molecular weight is 383 g/mol. The highest BCUT2D eigenvalue weighted by Gasteiger charge is 2.34. The maximum atomic E-state index is 10.6. The van der Waals surface area contributed by atoms with Crippen LogP contribution in [0.15, 0.2) is 48.5 Å². The minimum Gasteiger partial charge on any atom is -0.487 e. The van der Waals surface area contributed by atoms with Crippen molar-refractivity contribution in [3.8, 4) is 5.75 Å². The monoisotopic (exact) mass is 382 g/mol. The lowest BCUT2D eigenvalue weighted by Gasteiger charge is -2.39. The molecule has 0 spiro atoms. The topological polar surface area (TPSA) is 67.5 Å². The Kier molecular flexibility index (Phi) is 6.43. The van der Waals surface area contributed by atoms with E-state index >= 15 is 0 Å². The minimum atomic E-state index is -0.608. The molecule has 2 aromatic rings. The van der Waals surface area contributed by atoms with Crippen LogP contribution in [0.2, 0.25) is 0 Å². The molecule has 0 aromatic heterocycles. The van der Waals surface area contributed by atoms with E-state index in [1.54, 1.807) is 0 Å². The van der Waals surface area contributed by atoms with E-state index in [0.29, 0.717) is 18.9 Å². The summed E-state index contributed by atoms with van der Waals surface area (Å²) in [4.78, 5) is 0. The molecule has 4 N–H and O–H groups in total. The molecule has 0 saturated carbocycles. The molecule has 4 heteroatoms. The van der Waals surface area contributed by atoms with Crippen LogP contribution >= 0.6 is 0 Å². The zero-order chi connectivity index (χ0) is 20.3. The summed E-state index contributed by atoms with van der Waals surface area (Å²) in [7, 11) is 0. The molecule has 1 aliphatic rings. The molecule has 3 atom stereocenters. The standard InChI is InChI=1S/C24H34N2O2/c1-16(2)18-10-11-23-19(13-18)21(14-24(3,4)28-23)26-15-22(27)20(25)12-17-8-6-5-7-9-17/h5-11,13,16,20-22,26-27H,12,14-15,25H2,1-4H3/t20-,21?,22+/m0/s1. The summed E-state index contributed by atoms with van der Waals surface area (Å²) in [5, 5.41) is 14.2. The van der Waals surface area contributed by atoms with Crippen LogP contribution in [-0.4, -0.2) is 29.4 Å². The first-order chi connectivity index (χ1) is 13.2. The first kappa shape index (κ1) is 20.8. The molecule has 0 amide bonds. The summed E-state index contributed by atoms with van der Waals surface area (Å²) in [6.07, 6.45) is 0.905. The third-order valence-electron chi connectivity index (χ3n) is 5.54. The summed E-state index contributed by atoms with van der Waals surface area (Å²) in [6.45, 7) is 9.07. The van der Waals surface area contributed by atoms with Gasteiger partial charge in [0.2, 0.25) is 0 Å². The molecular formula is C24H34N2O2. The molecule has 1 heterocycles. The predicted octanol–water partition coefficient (Wildman–Crippen LogP) is 3.93. The molecule has 0 bridgehead atoms. The van der Waals surface area contributed by atoms with E-state index in [0.717, 1.165) is 17.7 Å². The highest BCUT2D eigenvalue weighted by Crippen LogP contribution is 2.40. The maximum Gasteiger partial charge on any atom is 0.124 e. The molecule has 0 radical (unpaired) electrons. The van der Waals surface area contributed by atoms with Crippen molar-refractivity contribution in [1.29, 1.82) is 0 Å². The highest BCUT2D eigenvalue weighted by atomic mass is 16.5. The van der Waals surface area contributed by atoms with Gasteiger partial charge in [-0.3, -0.25) is 0 Å². The third kappa shape index (κ3) is 5.13. The normalized spacial score (nSPS) is 20.3. The average Bonchev–Trinajstić information content (AvgIpc) is 2.65. The number of rotatable bonds is 7. The van der Waals surface area contributed by atoms with E-state index in [1.807, 2.05) is 30.3 Å². The largest absolute Gasteiger partial charge is 0.487 e. The Morgan fingerprint density at radius 2 is 1.89 bits per heavy atom. The van der Waals surface area contributed by atoms with Gasteiger partial charge in [-0.15, -0.1) is 0 Å². The summed E-state index contributed by atoms with van der Waals surface area (Å²) in [5.41, 5.74) is 9.64. The molecule has 4 nitrogen and oxygen atoms in total. The molecule has 1 aliphatic heterocycles. The number of fused-ring (bicyclic) bond motifs is 1. The van der Waals surface area contributed by atoms with Crippen molar-refractivity contribution in [2.24, 2.45) is 5.73 Å². The highest BCUT2D eigenvalue weighted by molar-refractivity contribution is 5.42. The molecular weight excluding hydrogens is 348 g/mol. The molecule has 0 aliphatic carbocycles. The summed E-state index contributed by atoms with van der Waals surface area (Å²) in [5.74, 6) is 1.40. The summed E-state index contributed by atoms with van der Waals surface area (Å²) < 4.78 is 6.19. The van der Waals surface area contributed by atoms with Crippen molar-refractivity contribution in [2.75, 3.05) is 6.54 Å². The smallest absolute Gasteiger partial charge is 0.124 e. The van der Waals surface area contributed by atoms with Crippen molar-refractivity contribution in [3.05, 3.63) is 65.2 Å². The fourth-order valence-corrected chi connectivity index (χ4v) is 3.85. The number of nitrogens with one attached hydrogen (secondary N) is 1. The fraction of sp³-hybridized carbons (Fsp3) is 0.500. The van der Waals surface area contributed by atoms with Gasteiger partial charge in [0.1, 0.15) is 11.4 Å². The van der Waals surface area contributed by atoms with E-state index in [4.69, 9.17) is 10.5 Å². The van der Waals surface area contributed by atoms with Crippen LogP contribution in [0.4, 0.5) is 0 Å². The van der Waals surface area contributed by atoms with Crippen LogP contribution in [0.1, 0.15) is 62.8 Å². The van der Waals surface area contributed by atoms with E-state index < -0.39 is 6.10 Å². The molecule has 152 valence electrons. The van der Waals surface area contributed by atoms with Crippen molar-refractivity contribution in [1.82, 2.24) is 5.32 Å². The second kappa shape index (κ2) is 8.64. The minimum absolute atomic E-state index is 0.135. The van der Waals surface area contributed by atoms with Gasteiger partial charge in [-0.2, -0.15) is 0 Å². The molecule has 28 heavy (non-hydrogen) atoms. The SMILES string of the molecule is CC(C)c1ccc2c(c1)C(NC[C@@H](O)[C@@H](N)Cc1ccccc1)CC(C)(C)O2. The zero-order valence-electron chi connectivity index (χ0n) is 17.5. The van der Waals surface area contributed by atoms with E-state index in [-0.39, 0.29) is 17.7 Å². The first-order valence-electron chi connectivity index (χ1n) is 10.3. The lowest BCUT2D eigenvalue weighted by atomic mass is 9.87. The Labute approximate surface area is 169 Å². The zero-order valence-corrected chi connectivity index (χ0v) is 17.5. The summed E-state index contributed by atoms with van der Waals surface area (Å²) in [6, 6.07) is 16.4. The number of hydrogen-bond acceptors (Lipinski definition) is 4. The van der Waals surface area contributed by atoms with Gasteiger partial charge in [-0.25, -0.2) is 0 Å². The van der Waals surface area contributed by atoms with Crippen LogP contribution in [0.3, 0.4) is 0 Å². The van der Waals surface area contributed by atoms with Gasteiger partial charge < -0.3 is 20.9 Å². The van der Waals surface area contributed by atoms with E-state index in [2.05, 4.69) is 51.2 Å². The van der Waals surface area contributed by atoms with Gasteiger partial charge in [0.15, 0.2) is 0 Å². The van der Waals surface area contributed by atoms with Crippen molar-refractivity contribution >= 4 is 0 Å². The number of aliphatic hydroxyl groups is 1. The third-order valence-corrected chi connectivity index (χ3v) is 5.54. The van der Waals surface area contributed by atoms with Crippen molar-refractivity contribution < 1.29 is 9.84 Å². The van der Waals surface area contributed by atoms with Crippen molar-refractivity contribution in [3.63, 3.8) is 0 Å². The second-order valence-corrected chi connectivity index (χ2v) is 8.90. The van der Waals surface area contributed by atoms with Gasteiger partial charge in [0, 0.05) is 30.6 Å². The fourth-order valence-electron chi connectivity index (χ4n) is 3.85. The van der Waals surface area contributed by atoms with Crippen LogP contribution in [0.25, 0.3) is 0 Å². The Balaban J connectivity index is 1.68. The van der Waals surface area contributed by atoms with Gasteiger partial charge >= 0.3 is 0 Å². The number of aliphatic hydroxyl groups excluding tert-OH is 1. The lowest BCUT2D eigenvalue weighted by molar-refractivity contribution is 0.0603. The van der Waals surface area contributed by atoms with Crippen LogP contribution < -0.4 is 15.8 Å². The first-order valence-corrected chi connectivity index (χ1v) is 10.3. The van der Waals surface area contributed by atoms with Crippen LogP contribution in [-0.2, 0) is 6.42 Å². The number of hydrogen-bond donors (Lipinski definition) is 3. The van der Waals surface area contributed by atoms with Crippen LogP contribution in [0, 0.1) is 0 Å². The molecule has 2 aromatic carbocycles. The molecule has 0 fully saturated rings. The molecule has 1 unspecified atom stereocenters. The second-order valence-electron chi connectivity index (χ2n) is 8.90. The molecule has 0 saturated heterocycles.